The van der Waals surface area contributed by atoms with Crippen LogP contribution in [0.2, 0.25) is 0 Å². The molecular formula is C21H26O5. The van der Waals surface area contributed by atoms with Gasteiger partial charge in [-0.1, -0.05) is 31.6 Å². The Labute approximate surface area is 153 Å². The van der Waals surface area contributed by atoms with Crippen molar-refractivity contribution in [3.8, 4) is 0 Å². The molecule has 0 amide bonds. The molecule has 4 rings (SSSR count). The van der Waals surface area contributed by atoms with Gasteiger partial charge in [-0.05, 0) is 49.7 Å². The van der Waals surface area contributed by atoms with E-state index in [9.17, 15) is 24.9 Å². The van der Waals surface area contributed by atoms with E-state index in [0.717, 1.165) is 24.8 Å². The Balaban J connectivity index is 1.71. The minimum absolute atomic E-state index is 0.00632. The van der Waals surface area contributed by atoms with Gasteiger partial charge in [0.2, 0.25) is 12.1 Å². The lowest BCUT2D eigenvalue weighted by Crippen LogP contribution is -2.56. The van der Waals surface area contributed by atoms with Gasteiger partial charge in [-0.2, -0.15) is 0 Å². The number of fused-ring (bicyclic) bond motifs is 5. The van der Waals surface area contributed by atoms with Crippen LogP contribution in [0.5, 0.6) is 0 Å². The van der Waals surface area contributed by atoms with Crippen molar-refractivity contribution in [3.63, 3.8) is 0 Å². The molecule has 140 valence electrons. The van der Waals surface area contributed by atoms with E-state index in [-0.39, 0.29) is 29.0 Å². The molecule has 0 bridgehead atoms. The molecule has 0 aliphatic heterocycles. The molecule has 0 aromatic rings. The van der Waals surface area contributed by atoms with Crippen molar-refractivity contribution < 1.29 is 24.9 Å². The lowest BCUT2D eigenvalue weighted by molar-refractivity contribution is -0.145. The highest BCUT2D eigenvalue weighted by Gasteiger charge is 2.60. The summed E-state index contributed by atoms with van der Waals surface area (Å²) in [7, 11) is 0. The molecule has 0 radical (unpaired) electrons. The molecule has 0 heterocycles. The van der Waals surface area contributed by atoms with Crippen LogP contribution in [0, 0.1) is 28.6 Å². The molecule has 0 saturated heterocycles. The third-order valence-electron chi connectivity index (χ3n) is 7.58. The monoisotopic (exact) mass is 358 g/mol. The first-order valence-electron chi connectivity index (χ1n) is 9.42. The summed E-state index contributed by atoms with van der Waals surface area (Å²) >= 11 is 0. The molecule has 4 aliphatic rings. The minimum Gasteiger partial charge on any atom is -0.393 e. The lowest BCUT2D eigenvalue weighted by Gasteiger charge is -2.58. The first-order valence-corrected chi connectivity index (χ1v) is 9.42. The Hall–Kier alpha value is -1.56. The summed E-state index contributed by atoms with van der Waals surface area (Å²) in [6.07, 6.45) is 7.35. The fraction of sp³-hybridized carbons (Fsp3) is 0.619. The summed E-state index contributed by atoms with van der Waals surface area (Å²) in [5.74, 6) is -0.212. The van der Waals surface area contributed by atoms with Crippen molar-refractivity contribution in [2.24, 2.45) is 28.6 Å². The number of hydrogen-bond donors (Lipinski definition) is 3. The maximum atomic E-state index is 12.3. The zero-order valence-electron chi connectivity index (χ0n) is 15.2. The number of carbonyl (C=O) groups excluding carboxylic acids is 2. The highest BCUT2D eigenvalue weighted by atomic mass is 16.5. The predicted octanol–water partition coefficient (Wildman–Crippen LogP) is 1.68. The van der Waals surface area contributed by atoms with E-state index in [1.807, 2.05) is 19.1 Å². The highest BCUT2D eigenvalue weighted by Crippen LogP contribution is 2.64. The van der Waals surface area contributed by atoms with Gasteiger partial charge in [-0.25, -0.2) is 0 Å². The molecular weight excluding hydrogens is 332 g/mol. The van der Waals surface area contributed by atoms with E-state index >= 15 is 0 Å². The van der Waals surface area contributed by atoms with Crippen LogP contribution >= 0.6 is 0 Å². The van der Waals surface area contributed by atoms with E-state index in [1.54, 1.807) is 12.2 Å². The van der Waals surface area contributed by atoms with Crippen LogP contribution in [0.25, 0.3) is 0 Å². The number of aliphatic hydroxyl groups excluding tert-OH is 2. The summed E-state index contributed by atoms with van der Waals surface area (Å²) in [6.45, 7) is 4.08. The van der Waals surface area contributed by atoms with Gasteiger partial charge in [0.1, 0.15) is 0 Å². The third-order valence-corrected chi connectivity index (χ3v) is 7.58. The van der Waals surface area contributed by atoms with Crippen LogP contribution in [0.15, 0.2) is 35.5 Å². The second-order valence-corrected chi connectivity index (χ2v) is 8.80. The van der Waals surface area contributed by atoms with E-state index < -0.39 is 23.6 Å². The topological polar surface area (TPSA) is 94.8 Å². The van der Waals surface area contributed by atoms with E-state index in [4.69, 9.17) is 0 Å². The Bertz CT molecular complexity index is 760. The van der Waals surface area contributed by atoms with Crippen molar-refractivity contribution in [3.05, 3.63) is 35.5 Å². The molecule has 6 atom stereocenters. The number of allylic oxidation sites excluding steroid dienone is 5. The van der Waals surface area contributed by atoms with E-state index in [2.05, 4.69) is 6.92 Å². The van der Waals surface area contributed by atoms with Crippen LogP contribution in [0.3, 0.4) is 0 Å². The van der Waals surface area contributed by atoms with Crippen LogP contribution in [-0.4, -0.2) is 39.3 Å². The SMILES string of the molecule is C[C@]12C=CC(=O)C=C1CC[C@@H]1[C@@H]2[C@@H](O)C[C@]2(C)C(C(=O)C(O)O)=CC[C@@H]12. The number of rotatable bonds is 2. The second kappa shape index (κ2) is 5.72. The van der Waals surface area contributed by atoms with Gasteiger partial charge in [-0.15, -0.1) is 0 Å². The van der Waals surface area contributed by atoms with Crippen molar-refractivity contribution in [1.82, 2.24) is 0 Å². The molecule has 2 saturated carbocycles. The molecule has 4 aliphatic carbocycles. The van der Waals surface area contributed by atoms with Gasteiger partial charge in [0, 0.05) is 22.3 Å². The van der Waals surface area contributed by atoms with Gasteiger partial charge >= 0.3 is 0 Å². The molecule has 2 fully saturated rings. The van der Waals surface area contributed by atoms with Crippen molar-refractivity contribution in [2.75, 3.05) is 0 Å². The second-order valence-electron chi connectivity index (χ2n) is 8.80. The fourth-order valence-electron chi connectivity index (χ4n) is 6.42. The number of Topliss-reactive ketones (excluding diaryl/α,β-unsaturated/α-hetero) is 1. The number of aliphatic hydroxyl groups is 3. The van der Waals surface area contributed by atoms with Gasteiger partial charge in [0.05, 0.1) is 6.10 Å². The maximum absolute atomic E-state index is 12.3. The molecule has 5 nitrogen and oxygen atoms in total. The fourth-order valence-corrected chi connectivity index (χ4v) is 6.42. The van der Waals surface area contributed by atoms with E-state index in [1.165, 1.54) is 0 Å². The zero-order valence-corrected chi connectivity index (χ0v) is 15.2. The van der Waals surface area contributed by atoms with Gasteiger partial charge in [0.25, 0.3) is 0 Å². The Kier molecular flexibility index (Phi) is 3.92. The molecule has 3 N–H and O–H groups in total. The van der Waals surface area contributed by atoms with Crippen LogP contribution < -0.4 is 0 Å². The largest absolute Gasteiger partial charge is 0.393 e. The first-order chi connectivity index (χ1) is 12.2. The average molecular weight is 358 g/mol. The zero-order chi connectivity index (χ0) is 18.9. The minimum atomic E-state index is -2.00. The lowest BCUT2D eigenvalue weighted by atomic mass is 9.47. The van der Waals surface area contributed by atoms with Crippen molar-refractivity contribution >= 4 is 11.6 Å². The van der Waals surface area contributed by atoms with Gasteiger partial charge in [-0.3, -0.25) is 9.59 Å². The summed E-state index contributed by atoms with van der Waals surface area (Å²) in [5, 5.41) is 29.8. The van der Waals surface area contributed by atoms with Crippen molar-refractivity contribution in [1.29, 1.82) is 0 Å². The van der Waals surface area contributed by atoms with Gasteiger partial charge in [0.15, 0.2) is 5.78 Å². The number of carbonyl (C=O) groups is 2. The predicted molar refractivity (Wildman–Crippen MR) is 94.7 cm³/mol. The van der Waals surface area contributed by atoms with Gasteiger partial charge < -0.3 is 15.3 Å². The van der Waals surface area contributed by atoms with Crippen LogP contribution in [0.4, 0.5) is 0 Å². The van der Waals surface area contributed by atoms with E-state index in [0.29, 0.717) is 12.0 Å². The summed E-state index contributed by atoms with van der Waals surface area (Å²) in [4.78, 5) is 24.1. The summed E-state index contributed by atoms with van der Waals surface area (Å²) in [5.41, 5.74) is 0.686. The highest BCUT2D eigenvalue weighted by molar-refractivity contribution is 6.01. The molecule has 26 heavy (non-hydrogen) atoms. The van der Waals surface area contributed by atoms with Crippen LogP contribution in [-0.2, 0) is 9.59 Å². The Morgan fingerprint density at radius 1 is 1.31 bits per heavy atom. The first kappa shape index (κ1) is 17.8. The number of ketones is 2. The molecule has 0 aromatic carbocycles. The maximum Gasteiger partial charge on any atom is 0.217 e. The molecule has 5 heteroatoms. The standard InChI is InChI=1S/C21H26O5/c1-20-8-7-12(22)9-11(20)3-4-13-14-5-6-15(18(24)19(25)26)21(14,2)10-16(23)17(13)20/h6-9,13-14,16-17,19,23,25-26H,3-5,10H2,1-2H3/t13-,14-,16-,17+,20-,21-/m0/s1. The molecule has 0 aromatic heterocycles. The summed E-state index contributed by atoms with van der Waals surface area (Å²) < 4.78 is 0. The Morgan fingerprint density at radius 2 is 2.04 bits per heavy atom. The van der Waals surface area contributed by atoms with Crippen LogP contribution in [0.1, 0.15) is 39.5 Å². The quantitative estimate of drug-likeness (QED) is 0.653. The smallest absolute Gasteiger partial charge is 0.217 e. The third kappa shape index (κ3) is 2.27. The average Bonchev–Trinajstić information content (AvgIpc) is 2.90. The normalized spacial score (nSPS) is 44.2. The van der Waals surface area contributed by atoms with Crippen molar-refractivity contribution in [2.45, 2.75) is 51.9 Å². The Morgan fingerprint density at radius 3 is 2.73 bits per heavy atom. The number of hydrogen-bond acceptors (Lipinski definition) is 5. The molecule has 0 unspecified atom stereocenters. The molecule has 0 spiro atoms. The summed E-state index contributed by atoms with van der Waals surface area (Å²) in [6, 6.07) is 0.